The maximum atomic E-state index is 5.38. The van der Waals surface area contributed by atoms with Gasteiger partial charge in [0.2, 0.25) is 0 Å². The van der Waals surface area contributed by atoms with Crippen molar-refractivity contribution in [3.63, 3.8) is 0 Å². The third-order valence-corrected chi connectivity index (χ3v) is 4.75. The SMILES string of the molecule is COCCC1(CN=C(NCCc2ccco2)NCC(C)C)CCC1. The molecule has 0 atom stereocenters. The van der Waals surface area contributed by atoms with E-state index in [0.29, 0.717) is 11.3 Å². The van der Waals surface area contributed by atoms with E-state index >= 15 is 0 Å². The van der Waals surface area contributed by atoms with Gasteiger partial charge in [0, 0.05) is 39.8 Å². The van der Waals surface area contributed by atoms with Crippen molar-refractivity contribution in [3.8, 4) is 0 Å². The molecule has 1 heterocycles. The van der Waals surface area contributed by atoms with Gasteiger partial charge < -0.3 is 19.8 Å². The van der Waals surface area contributed by atoms with E-state index in [1.807, 2.05) is 12.1 Å². The van der Waals surface area contributed by atoms with Crippen LogP contribution in [0.15, 0.2) is 27.8 Å². The molecular weight excluding hydrogens is 302 g/mol. The highest BCUT2D eigenvalue weighted by Gasteiger charge is 2.36. The van der Waals surface area contributed by atoms with Crippen LogP contribution < -0.4 is 10.6 Å². The largest absolute Gasteiger partial charge is 0.469 e. The Kier molecular flexibility index (Phi) is 7.63. The minimum Gasteiger partial charge on any atom is -0.469 e. The van der Waals surface area contributed by atoms with Crippen molar-refractivity contribution >= 4 is 5.96 Å². The highest BCUT2D eigenvalue weighted by atomic mass is 16.5. The molecule has 1 saturated carbocycles. The topological polar surface area (TPSA) is 58.8 Å². The fourth-order valence-electron chi connectivity index (χ4n) is 2.96. The highest BCUT2D eigenvalue weighted by molar-refractivity contribution is 5.79. The molecule has 0 spiro atoms. The Morgan fingerprint density at radius 2 is 2.21 bits per heavy atom. The van der Waals surface area contributed by atoms with Crippen molar-refractivity contribution in [2.75, 3.05) is 33.4 Å². The highest BCUT2D eigenvalue weighted by Crippen LogP contribution is 2.44. The monoisotopic (exact) mass is 335 g/mol. The second kappa shape index (κ2) is 9.72. The van der Waals surface area contributed by atoms with Gasteiger partial charge >= 0.3 is 0 Å². The maximum absolute atomic E-state index is 5.38. The summed E-state index contributed by atoms with van der Waals surface area (Å²) in [6, 6.07) is 3.94. The van der Waals surface area contributed by atoms with Crippen LogP contribution in [-0.4, -0.2) is 39.3 Å². The molecule has 0 saturated heterocycles. The van der Waals surface area contributed by atoms with Crippen molar-refractivity contribution in [1.82, 2.24) is 10.6 Å². The lowest BCUT2D eigenvalue weighted by Gasteiger charge is -2.40. The van der Waals surface area contributed by atoms with Gasteiger partial charge in [0.25, 0.3) is 0 Å². The first-order valence-corrected chi connectivity index (χ1v) is 9.17. The van der Waals surface area contributed by atoms with Crippen LogP contribution >= 0.6 is 0 Å². The molecule has 0 bridgehead atoms. The molecule has 1 aromatic heterocycles. The predicted octanol–water partition coefficient (Wildman–Crippen LogP) is 3.22. The van der Waals surface area contributed by atoms with Gasteiger partial charge in [0.05, 0.1) is 6.26 Å². The van der Waals surface area contributed by atoms with Crippen LogP contribution in [0.2, 0.25) is 0 Å². The molecule has 2 rings (SSSR count). The molecule has 0 unspecified atom stereocenters. The van der Waals surface area contributed by atoms with E-state index < -0.39 is 0 Å². The number of methoxy groups -OCH3 is 1. The van der Waals surface area contributed by atoms with Crippen molar-refractivity contribution in [1.29, 1.82) is 0 Å². The summed E-state index contributed by atoms with van der Waals surface area (Å²) < 4.78 is 10.7. The Bertz CT molecular complexity index is 479. The van der Waals surface area contributed by atoms with Crippen molar-refractivity contribution in [2.45, 2.75) is 46.0 Å². The summed E-state index contributed by atoms with van der Waals surface area (Å²) in [5.41, 5.74) is 0.351. The number of hydrogen-bond acceptors (Lipinski definition) is 3. The molecule has 0 aliphatic heterocycles. The molecule has 1 fully saturated rings. The van der Waals surface area contributed by atoms with E-state index in [1.54, 1.807) is 13.4 Å². The van der Waals surface area contributed by atoms with Gasteiger partial charge in [-0.25, -0.2) is 0 Å². The summed E-state index contributed by atoms with van der Waals surface area (Å²) in [4.78, 5) is 4.87. The van der Waals surface area contributed by atoms with Gasteiger partial charge in [0.15, 0.2) is 5.96 Å². The summed E-state index contributed by atoms with van der Waals surface area (Å²) in [6.45, 7) is 7.87. The first-order chi connectivity index (χ1) is 11.6. The summed E-state index contributed by atoms with van der Waals surface area (Å²) in [7, 11) is 1.78. The van der Waals surface area contributed by atoms with Crippen LogP contribution in [0.25, 0.3) is 0 Å². The second-order valence-corrected chi connectivity index (χ2v) is 7.29. The molecule has 0 aromatic carbocycles. The molecule has 1 aliphatic rings. The van der Waals surface area contributed by atoms with Gasteiger partial charge in [0.1, 0.15) is 5.76 Å². The average molecular weight is 335 g/mol. The van der Waals surface area contributed by atoms with Crippen LogP contribution in [0.3, 0.4) is 0 Å². The standard InChI is InChI=1S/C19H33N3O2/c1-16(2)14-21-18(20-11-7-17-6-4-12-24-17)22-15-19(8-5-9-19)10-13-23-3/h4,6,12,16H,5,7-11,13-15H2,1-3H3,(H2,20,21,22). The molecule has 1 aliphatic carbocycles. The van der Waals surface area contributed by atoms with Crippen molar-refractivity contribution in [3.05, 3.63) is 24.2 Å². The fourth-order valence-corrected chi connectivity index (χ4v) is 2.96. The Balaban J connectivity index is 1.85. The third kappa shape index (κ3) is 6.19. The van der Waals surface area contributed by atoms with Gasteiger partial charge in [-0.05, 0) is 42.7 Å². The lowest BCUT2D eigenvalue weighted by atomic mass is 9.67. The fraction of sp³-hybridized carbons (Fsp3) is 0.737. The number of ether oxygens (including phenoxy) is 1. The van der Waals surface area contributed by atoms with E-state index in [-0.39, 0.29) is 0 Å². The molecule has 2 N–H and O–H groups in total. The molecule has 5 nitrogen and oxygen atoms in total. The molecule has 1 aromatic rings. The molecular formula is C19H33N3O2. The Morgan fingerprint density at radius 3 is 2.79 bits per heavy atom. The molecule has 0 radical (unpaired) electrons. The summed E-state index contributed by atoms with van der Waals surface area (Å²) in [5.74, 6) is 2.51. The number of guanidine groups is 1. The number of nitrogens with one attached hydrogen (secondary N) is 2. The zero-order valence-corrected chi connectivity index (χ0v) is 15.4. The molecule has 0 amide bonds. The maximum Gasteiger partial charge on any atom is 0.191 e. The Hall–Kier alpha value is -1.49. The van der Waals surface area contributed by atoms with Crippen molar-refractivity contribution < 1.29 is 9.15 Å². The van der Waals surface area contributed by atoms with Crippen molar-refractivity contribution in [2.24, 2.45) is 16.3 Å². The number of aliphatic imine (C=N–C) groups is 1. The molecule has 24 heavy (non-hydrogen) atoms. The van der Waals surface area contributed by atoms with Crippen LogP contribution in [0.1, 0.15) is 45.3 Å². The van der Waals surface area contributed by atoms with Crippen LogP contribution in [0.4, 0.5) is 0 Å². The van der Waals surface area contributed by atoms with E-state index in [0.717, 1.165) is 50.8 Å². The Morgan fingerprint density at radius 1 is 1.38 bits per heavy atom. The quantitative estimate of drug-likeness (QED) is 0.509. The van der Waals surface area contributed by atoms with Gasteiger partial charge in [-0.1, -0.05) is 20.3 Å². The zero-order chi connectivity index (χ0) is 17.3. The van der Waals surface area contributed by atoms with E-state index in [9.17, 15) is 0 Å². The number of hydrogen-bond donors (Lipinski definition) is 2. The lowest BCUT2D eigenvalue weighted by Crippen LogP contribution is -2.42. The van der Waals surface area contributed by atoms with Crippen LogP contribution in [0, 0.1) is 11.3 Å². The second-order valence-electron chi connectivity index (χ2n) is 7.29. The number of furan rings is 1. The van der Waals surface area contributed by atoms with Gasteiger partial charge in [-0.15, -0.1) is 0 Å². The van der Waals surface area contributed by atoms with Crippen LogP contribution in [-0.2, 0) is 11.2 Å². The van der Waals surface area contributed by atoms with Crippen LogP contribution in [0.5, 0.6) is 0 Å². The van der Waals surface area contributed by atoms with E-state index in [1.165, 1.54) is 19.3 Å². The summed E-state index contributed by atoms with van der Waals surface area (Å²) in [6.07, 6.45) is 7.55. The van der Waals surface area contributed by atoms with E-state index in [2.05, 4.69) is 24.5 Å². The normalized spacial score (nSPS) is 16.9. The molecule has 5 heteroatoms. The third-order valence-electron chi connectivity index (χ3n) is 4.75. The molecule has 136 valence electrons. The van der Waals surface area contributed by atoms with E-state index in [4.69, 9.17) is 14.1 Å². The average Bonchev–Trinajstić information content (AvgIpc) is 3.03. The minimum absolute atomic E-state index is 0.351. The predicted molar refractivity (Wildman–Crippen MR) is 98.3 cm³/mol. The first kappa shape index (κ1) is 18.8. The van der Waals surface area contributed by atoms with Gasteiger partial charge in [-0.3, -0.25) is 4.99 Å². The zero-order valence-electron chi connectivity index (χ0n) is 15.4. The van der Waals surface area contributed by atoms with Gasteiger partial charge in [-0.2, -0.15) is 0 Å². The first-order valence-electron chi connectivity index (χ1n) is 9.17. The lowest BCUT2D eigenvalue weighted by molar-refractivity contribution is 0.0778. The Labute approximate surface area is 146 Å². The smallest absolute Gasteiger partial charge is 0.191 e. The summed E-state index contributed by atoms with van der Waals surface area (Å²) in [5, 5.41) is 6.89. The summed E-state index contributed by atoms with van der Waals surface area (Å²) >= 11 is 0. The number of rotatable bonds is 10. The minimum atomic E-state index is 0.351. The number of nitrogens with zero attached hydrogens (tertiary/aromatic N) is 1.